The van der Waals surface area contributed by atoms with Crippen molar-refractivity contribution < 1.29 is 23.5 Å². The van der Waals surface area contributed by atoms with Gasteiger partial charge in [-0.05, 0) is 36.6 Å². The minimum atomic E-state index is -0.399. The molecule has 1 aliphatic heterocycles. The number of amides is 2. The Labute approximate surface area is 205 Å². The van der Waals surface area contributed by atoms with Gasteiger partial charge < -0.3 is 14.4 Å². The quantitative estimate of drug-likeness (QED) is 0.539. The van der Waals surface area contributed by atoms with Gasteiger partial charge in [0.25, 0.3) is 5.91 Å². The molecule has 1 atom stereocenters. The lowest BCUT2D eigenvalue weighted by Crippen LogP contribution is -2.44. The number of ether oxygens (including phenoxy) is 2. The molecule has 0 aromatic heterocycles. The maximum absolute atomic E-state index is 13.6. The second kappa shape index (κ2) is 11.4. The van der Waals surface area contributed by atoms with E-state index in [4.69, 9.17) is 9.47 Å². The number of methoxy groups -OCH3 is 2. The Hall–Kier alpha value is -3.26. The monoisotopic (exact) mass is 481 g/mol. The van der Waals surface area contributed by atoms with Gasteiger partial charge in [0, 0.05) is 31.6 Å². The Kier molecular flexibility index (Phi) is 8.13. The van der Waals surface area contributed by atoms with Crippen LogP contribution in [0.15, 0.2) is 53.6 Å². The van der Waals surface area contributed by atoms with E-state index in [1.54, 1.807) is 31.3 Å². The lowest BCUT2D eigenvalue weighted by Gasteiger charge is -2.29. The van der Waals surface area contributed by atoms with Crippen LogP contribution >= 0.6 is 0 Å². The van der Waals surface area contributed by atoms with Crippen LogP contribution in [0.1, 0.15) is 49.3 Å². The Morgan fingerprint density at radius 2 is 1.80 bits per heavy atom. The molecule has 1 saturated carbocycles. The number of carbonyl (C=O) groups excluding carboxylic acids is 2. The molecular formula is C27H32FN3O4. The van der Waals surface area contributed by atoms with Gasteiger partial charge in [0.2, 0.25) is 5.91 Å². The van der Waals surface area contributed by atoms with Crippen LogP contribution in [0.25, 0.3) is 0 Å². The van der Waals surface area contributed by atoms with E-state index in [-0.39, 0.29) is 30.1 Å². The normalized spacial score (nSPS) is 18.0. The molecule has 186 valence electrons. The van der Waals surface area contributed by atoms with Crippen molar-refractivity contribution in [3.8, 4) is 5.75 Å². The fourth-order valence-electron chi connectivity index (χ4n) is 4.88. The van der Waals surface area contributed by atoms with Gasteiger partial charge in [-0.25, -0.2) is 9.40 Å². The van der Waals surface area contributed by atoms with E-state index in [1.165, 1.54) is 17.1 Å². The summed E-state index contributed by atoms with van der Waals surface area (Å²) in [6, 6.07) is 13.2. The van der Waals surface area contributed by atoms with Gasteiger partial charge in [0.15, 0.2) is 0 Å². The lowest BCUT2D eigenvalue weighted by atomic mass is 9.97. The van der Waals surface area contributed by atoms with Crippen molar-refractivity contribution in [2.75, 3.05) is 33.9 Å². The summed E-state index contributed by atoms with van der Waals surface area (Å²) in [4.78, 5) is 28.4. The van der Waals surface area contributed by atoms with Gasteiger partial charge >= 0.3 is 0 Å². The average Bonchev–Trinajstić information content (AvgIpc) is 3.57. The van der Waals surface area contributed by atoms with Crippen molar-refractivity contribution >= 4 is 17.5 Å². The molecule has 0 N–H and O–H groups in total. The smallest absolute Gasteiger partial charge is 0.262 e. The minimum absolute atomic E-state index is 0.00340. The highest BCUT2D eigenvalue weighted by Crippen LogP contribution is 2.37. The molecule has 1 unspecified atom stereocenters. The molecule has 1 aliphatic carbocycles. The molecule has 1 heterocycles. The van der Waals surface area contributed by atoms with Crippen molar-refractivity contribution in [2.45, 2.75) is 38.1 Å². The summed E-state index contributed by atoms with van der Waals surface area (Å²) in [5.41, 5.74) is 2.26. The van der Waals surface area contributed by atoms with Crippen LogP contribution in [0.5, 0.6) is 5.75 Å². The molecule has 2 aromatic rings. The Morgan fingerprint density at radius 1 is 1.09 bits per heavy atom. The number of hydrogen-bond donors (Lipinski definition) is 0. The Bertz CT molecular complexity index is 1070. The fraction of sp³-hybridized carbons (Fsp3) is 0.444. The summed E-state index contributed by atoms with van der Waals surface area (Å²) in [7, 11) is 3.17. The first-order valence-corrected chi connectivity index (χ1v) is 12.1. The maximum atomic E-state index is 13.6. The molecule has 2 aromatic carbocycles. The number of hydrazone groups is 1. The number of halogens is 1. The zero-order valence-corrected chi connectivity index (χ0v) is 20.3. The molecule has 2 amide bonds. The predicted molar refractivity (Wildman–Crippen MR) is 131 cm³/mol. The zero-order chi connectivity index (χ0) is 24.8. The van der Waals surface area contributed by atoms with Crippen LogP contribution in [0.2, 0.25) is 0 Å². The molecule has 0 spiro atoms. The molecule has 8 heteroatoms. The number of carbonyl (C=O) groups is 2. The summed E-state index contributed by atoms with van der Waals surface area (Å²) in [5, 5.41) is 6.12. The van der Waals surface area contributed by atoms with E-state index in [9.17, 15) is 14.0 Å². The summed E-state index contributed by atoms with van der Waals surface area (Å²) in [5.74, 6) is 0.00978. The van der Waals surface area contributed by atoms with E-state index in [1.807, 2.05) is 24.3 Å². The van der Waals surface area contributed by atoms with E-state index in [2.05, 4.69) is 5.10 Å². The topological polar surface area (TPSA) is 71.4 Å². The van der Waals surface area contributed by atoms with Gasteiger partial charge in [0.05, 0.1) is 25.5 Å². The predicted octanol–water partition coefficient (Wildman–Crippen LogP) is 4.18. The zero-order valence-electron chi connectivity index (χ0n) is 20.3. The van der Waals surface area contributed by atoms with Gasteiger partial charge in [0.1, 0.15) is 18.1 Å². The van der Waals surface area contributed by atoms with E-state index in [0.717, 1.165) is 36.8 Å². The van der Waals surface area contributed by atoms with Crippen molar-refractivity contribution in [2.24, 2.45) is 11.0 Å². The molecule has 35 heavy (non-hydrogen) atoms. The maximum Gasteiger partial charge on any atom is 0.262 e. The highest BCUT2D eigenvalue weighted by atomic mass is 19.1. The molecule has 0 radical (unpaired) electrons. The summed E-state index contributed by atoms with van der Waals surface area (Å²) >= 11 is 0. The second-order valence-corrected chi connectivity index (χ2v) is 8.99. The third-order valence-electron chi connectivity index (χ3n) is 6.75. The standard InChI is InChI=1S/C27H32FN3O4/c1-34-16-15-30(27(33)20-7-3-4-8-20)18-26(32)31-24(22-9-5-6-10-25(22)35-2)17-23(29-31)19-11-13-21(28)14-12-19/h5-6,9-14,20,24H,3-4,7-8,15-18H2,1-2H3. The van der Waals surface area contributed by atoms with E-state index < -0.39 is 6.04 Å². The van der Waals surface area contributed by atoms with Crippen molar-refractivity contribution in [3.05, 3.63) is 65.5 Å². The first-order chi connectivity index (χ1) is 17.0. The molecular weight excluding hydrogens is 449 g/mol. The van der Waals surface area contributed by atoms with Crippen LogP contribution in [0.3, 0.4) is 0 Å². The lowest BCUT2D eigenvalue weighted by molar-refractivity contribution is -0.144. The highest BCUT2D eigenvalue weighted by Gasteiger charge is 2.36. The summed E-state index contributed by atoms with van der Waals surface area (Å²) in [6.45, 7) is 0.621. The van der Waals surface area contributed by atoms with Crippen molar-refractivity contribution in [1.82, 2.24) is 9.91 Å². The van der Waals surface area contributed by atoms with Crippen LogP contribution in [-0.4, -0.2) is 61.4 Å². The van der Waals surface area contributed by atoms with Gasteiger partial charge in [-0.3, -0.25) is 9.59 Å². The van der Waals surface area contributed by atoms with E-state index in [0.29, 0.717) is 31.0 Å². The highest BCUT2D eigenvalue weighted by molar-refractivity contribution is 6.03. The molecule has 2 aliphatic rings. The largest absolute Gasteiger partial charge is 0.496 e. The van der Waals surface area contributed by atoms with Gasteiger partial charge in [-0.15, -0.1) is 0 Å². The number of para-hydroxylation sites is 1. The summed E-state index contributed by atoms with van der Waals surface area (Å²) < 4.78 is 24.3. The average molecular weight is 482 g/mol. The second-order valence-electron chi connectivity index (χ2n) is 8.99. The molecule has 1 fully saturated rings. The molecule has 7 nitrogen and oxygen atoms in total. The Morgan fingerprint density at radius 3 is 2.49 bits per heavy atom. The third-order valence-corrected chi connectivity index (χ3v) is 6.75. The SMILES string of the molecule is COCCN(CC(=O)N1N=C(c2ccc(F)cc2)CC1c1ccccc1OC)C(=O)C1CCCC1. The number of rotatable bonds is 9. The van der Waals surface area contributed by atoms with Crippen LogP contribution in [0, 0.1) is 11.7 Å². The minimum Gasteiger partial charge on any atom is -0.496 e. The first kappa shape index (κ1) is 24.9. The first-order valence-electron chi connectivity index (χ1n) is 12.1. The number of hydrogen-bond acceptors (Lipinski definition) is 5. The van der Waals surface area contributed by atoms with Crippen LogP contribution in [0.4, 0.5) is 4.39 Å². The van der Waals surface area contributed by atoms with E-state index >= 15 is 0 Å². The third kappa shape index (κ3) is 5.70. The molecule has 4 rings (SSSR count). The van der Waals surface area contributed by atoms with Gasteiger partial charge in [-0.1, -0.05) is 43.2 Å². The van der Waals surface area contributed by atoms with Crippen LogP contribution in [-0.2, 0) is 14.3 Å². The van der Waals surface area contributed by atoms with Crippen molar-refractivity contribution in [3.63, 3.8) is 0 Å². The fourth-order valence-corrected chi connectivity index (χ4v) is 4.88. The number of benzene rings is 2. The molecule has 0 saturated heterocycles. The van der Waals surface area contributed by atoms with Crippen molar-refractivity contribution in [1.29, 1.82) is 0 Å². The van der Waals surface area contributed by atoms with Gasteiger partial charge in [-0.2, -0.15) is 5.10 Å². The van der Waals surface area contributed by atoms with Crippen LogP contribution < -0.4 is 4.74 Å². The molecule has 0 bridgehead atoms. The number of nitrogens with zero attached hydrogens (tertiary/aromatic N) is 3. The Balaban J connectivity index is 1.62. The summed E-state index contributed by atoms with van der Waals surface area (Å²) in [6.07, 6.45) is 4.24.